The van der Waals surface area contributed by atoms with Crippen molar-refractivity contribution in [3.8, 4) is 0 Å². The van der Waals surface area contributed by atoms with Gasteiger partial charge in [0.25, 0.3) is 5.91 Å². The van der Waals surface area contributed by atoms with Crippen LogP contribution in [-0.2, 0) is 4.79 Å². The van der Waals surface area contributed by atoms with Crippen LogP contribution in [0, 0.1) is 20.8 Å². The Kier molecular flexibility index (Phi) is 3.64. The molecule has 1 atom stereocenters. The average molecular weight is 300 g/mol. The number of hydrogen-bond donors (Lipinski definition) is 2. The predicted octanol–water partition coefficient (Wildman–Crippen LogP) is 2.37. The van der Waals surface area contributed by atoms with Gasteiger partial charge in [-0.1, -0.05) is 12.1 Å². The van der Waals surface area contributed by atoms with E-state index >= 15 is 0 Å². The highest BCUT2D eigenvalue weighted by atomic mass is 16.3. The van der Waals surface area contributed by atoms with Gasteiger partial charge in [-0.2, -0.15) is 0 Å². The highest BCUT2D eigenvalue weighted by molar-refractivity contribution is 6.01. The highest BCUT2D eigenvalue weighted by Crippen LogP contribution is 2.29. The molecule has 1 fully saturated rings. The van der Waals surface area contributed by atoms with E-state index in [2.05, 4.69) is 10.6 Å². The Bertz CT molecular complexity index is 761. The standard InChI is InChI=1S/C17H20N2O3/c1-9-6-7-12-11(3)15(22-14(12)10(9)2)17(21)19-13-5-4-8-18-16(13)20/h6-7,13H,4-5,8H2,1-3H3,(H,18,20)(H,19,21)/t13-/m1/s1. The van der Waals surface area contributed by atoms with Crippen molar-refractivity contribution in [2.24, 2.45) is 0 Å². The Morgan fingerprint density at radius 2 is 2.05 bits per heavy atom. The summed E-state index contributed by atoms with van der Waals surface area (Å²) in [7, 11) is 0. The molecule has 0 spiro atoms. The van der Waals surface area contributed by atoms with Crippen molar-refractivity contribution in [2.45, 2.75) is 39.7 Å². The summed E-state index contributed by atoms with van der Waals surface area (Å²) in [6.45, 7) is 6.54. The number of amides is 2. The van der Waals surface area contributed by atoms with Gasteiger partial charge in [0.15, 0.2) is 5.76 Å². The summed E-state index contributed by atoms with van der Waals surface area (Å²) >= 11 is 0. The van der Waals surface area contributed by atoms with Crippen LogP contribution in [0.25, 0.3) is 11.0 Å². The summed E-state index contributed by atoms with van der Waals surface area (Å²) in [5.74, 6) is -0.157. The van der Waals surface area contributed by atoms with Crippen LogP contribution in [0.3, 0.4) is 0 Å². The lowest BCUT2D eigenvalue weighted by Crippen LogP contribution is -2.50. The van der Waals surface area contributed by atoms with Crippen LogP contribution in [0.1, 0.15) is 40.1 Å². The van der Waals surface area contributed by atoms with Crippen molar-refractivity contribution in [1.29, 1.82) is 0 Å². The molecule has 5 nitrogen and oxygen atoms in total. The molecule has 22 heavy (non-hydrogen) atoms. The molecule has 116 valence electrons. The van der Waals surface area contributed by atoms with Crippen molar-refractivity contribution < 1.29 is 14.0 Å². The Hall–Kier alpha value is -2.30. The number of rotatable bonds is 2. The number of furan rings is 1. The molecular formula is C17H20N2O3. The second kappa shape index (κ2) is 5.48. The Balaban J connectivity index is 1.92. The smallest absolute Gasteiger partial charge is 0.287 e. The number of carbonyl (C=O) groups excluding carboxylic acids is 2. The minimum absolute atomic E-state index is 0.125. The van der Waals surface area contributed by atoms with Crippen LogP contribution in [0.2, 0.25) is 0 Å². The first-order valence-electron chi connectivity index (χ1n) is 7.57. The van der Waals surface area contributed by atoms with Crippen molar-refractivity contribution in [3.63, 3.8) is 0 Å². The van der Waals surface area contributed by atoms with Gasteiger partial charge in [-0.05, 0) is 44.7 Å². The van der Waals surface area contributed by atoms with Crippen LogP contribution in [0.5, 0.6) is 0 Å². The van der Waals surface area contributed by atoms with Crippen molar-refractivity contribution in [3.05, 3.63) is 34.6 Å². The van der Waals surface area contributed by atoms with E-state index in [0.717, 1.165) is 34.1 Å². The lowest BCUT2D eigenvalue weighted by Gasteiger charge is -2.22. The molecule has 3 rings (SSSR count). The molecule has 2 heterocycles. The summed E-state index contributed by atoms with van der Waals surface area (Å²) in [5.41, 5.74) is 3.72. The first kappa shape index (κ1) is 14.6. The summed E-state index contributed by atoms with van der Waals surface area (Å²) in [5, 5.41) is 6.48. The molecule has 0 aliphatic carbocycles. The SMILES string of the molecule is Cc1ccc2c(C)c(C(=O)N[C@@H]3CCCNC3=O)oc2c1C. The van der Waals surface area contributed by atoms with E-state index in [4.69, 9.17) is 4.42 Å². The van der Waals surface area contributed by atoms with Gasteiger partial charge < -0.3 is 15.1 Å². The molecule has 1 aromatic carbocycles. The summed E-state index contributed by atoms with van der Waals surface area (Å²) in [6, 6.07) is 3.52. The van der Waals surface area contributed by atoms with Gasteiger partial charge in [-0.3, -0.25) is 9.59 Å². The van der Waals surface area contributed by atoms with E-state index in [-0.39, 0.29) is 11.8 Å². The maximum Gasteiger partial charge on any atom is 0.287 e. The molecule has 0 bridgehead atoms. The number of carbonyl (C=O) groups is 2. The van der Waals surface area contributed by atoms with Gasteiger partial charge in [0, 0.05) is 17.5 Å². The van der Waals surface area contributed by atoms with Crippen LogP contribution in [-0.4, -0.2) is 24.4 Å². The Morgan fingerprint density at radius 1 is 1.27 bits per heavy atom. The minimum Gasteiger partial charge on any atom is -0.450 e. The monoisotopic (exact) mass is 300 g/mol. The number of piperidine rings is 1. The lowest BCUT2D eigenvalue weighted by atomic mass is 10.0. The Morgan fingerprint density at radius 3 is 2.77 bits per heavy atom. The van der Waals surface area contributed by atoms with E-state index in [1.807, 2.05) is 32.9 Å². The molecule has 1 aromatic heterocycles. The second-order valence-electron chi connectivity index (χ2n) is 5.90. The minimum atomic E-state index is -0.475. The van der Waals surface area contributed by atoms with Crippen LogP contribution < -0.4 is 10.6 Å². The van der Waals surface area contributed by atoms with E-state index in [1.165, 1.54) is 0 Å². The quantitative estimate of drug-likeness (QED) is 0.894. The van der Waals surface area contributed by atoms with Gasteiger partial charge in [-0.25, -0.2) is 0 Å². The molecule has 2 N–H and O–H groups in total. The Labute approximate surface area is 129 Å². The van der Waals surface area contributed by atoms with Gasteiger partial charge >= 0.3 is 0 Å². The molecule has 1 saturated heterocycles. The number of benzene rings is 1. The van der Waals surface area contributed by atoms with Gasteiger partial charge in [0.1, 0.15) is 11.6 Å². The normalized spacial score (nSPS) is 18.3. The fourth-order valence-electron chi connectivity index (χ4n) is 2.87. The van der Waals surface area contributed by atoms with Crippen molar-refractivity contribution in [1.82, 2.24) is 10.6 Å². The van der Waals surface area contributed by atoms with E-state index in [0.29, 0.717) is 18.7 Å². The molecule has 0 radical (unpaired) electrons. The summed E-state index contributed by atoms with van der Waals surface area (Å²) < 4.78 is 5.81. The van der Waals surface area contributed by atoms with Crippen molar-refractivity contribution in [2.75, 3.05) is 6.54 Å². The zero-order valence-corrected chi connectivity index (χ0v) is 13.1. The molecule has 0 unspecified atom stereocenters. The third-order valence-corrected chi connectivity index (χ3v) is 4.42. The fraction of sp³-hybridized carbons (Fsp3) is 0.412. The number of nitrogens with one attached hydrogen (secondary N) is 2. The highest BCUT2D eigenvalue weighted by Gasteiger charge is 2.27. The van der Waals surface area contributed by atoms with Gasteiger partial charge in [-0.15, -0.1) is 0 Å². The third-order valence-electron chi connectivity index (χ3n) is 4.42. The van der Waals surface area contributed by atoms with Crippen LogP contribution >= 0.6 is 0 Å². The lowest BCUT2D eigenvalue weighted by molar-refractivity contribution is -0.124. The van der Waals surface area contributed by atoms with Crippen LogP contribution in [0.15, 0.2) is 16.5 Å². The average Bonchev–Trinajstić information content (AvgIpc) is 2.83. The molecule has 1 aliphatic rings. The third kappa shape index (κ3) is 2.36. The first-order valence-corrected chi connectivity index (χ1v) is 7.57. The second-order valence-corrected chi connectivity index (χ2v) is 5.90. The zero-order valence-electron chi connectivity index (χ0n) is 13.1. The number of hydrogen-bond acceptors (Lipinski definition) is 3. The molecule has 0 saturated carbocycles. The maximum absolute atomic E-state index is 12.5. The molecule has 2 aromatic rings. The topological polar surface area (TPSA) is 71.3 Å². The molecule has 5 heteroatoms. The van der Waals surface area contributed by atoms with Crippen molar-refractivity contribution >= 4 is 22.8 Å². The van der Waals surface area contributed by atoms with Gasteiger partial charge in [0.05, 0.1) is 0 Å². The number of aryl methyl sites for hydroxylation is 3. The summed E-state index contributed by atoms with van der Waals surface area (Å²) in [6.07, 6.45) is 1.53. The molecule has 2 amide bonds. The van der Waals surface area contributed by atoms with E-state index in [9.17, 15) is 9.59 Å². The van der Waals surface area contributed by atoms with Crippen LogP contribution in [0.4, 0.5) is 0 Å². The summed E-state index contributed by atoms with van der Waals surface area (Å²) in [4.78, 5) is 24.2. The largest absolute Gasteiger partial charge is 0.450 e. The molecule has 1 aliphatic heterocycles. The maximum atomic E-state index is 12.5. The zero-order chi connectivity index (χ0) is 15.9. The fourth-order valence-corrected chi connectivity index (χ4v) is 2.87. The van der Waals surface area contributed by atoms with E-state index in [1.54, 1.807) is 0 Å². The van der Waals surface area contributed by atoms with E-state index < -0.39 is 6.04 Å². The van der Waals surface area contributed by atoms with Gasteiger partial charge in [0.2, 0.25) is 5.91 Å². The predicted molar refractivity (Wildman–Crippen MR) is 83.9 cm³/mol. The first-order chi connectivity index (χ1) is 10.5. The number of fused-ring (bicyclic) bond motifs is 1. The molecular weight excluding hydrogens is 280 g/mol.